The van der Waals surface area contributed by atoms with Crippen LogP contribution < -0.4 is 0 Å². The van der Waals surface area contributed by atoms with Crippen molar-refractivity contribution in [3.05, 3.63) is 17.0 Å². The summed E-state index contributed by atoms with van der Waals surface area (Å²) >= 11 is 0. The van der Waals surface area contributed by atoms with Crippen molar-refractivity contribution in [1.29, 1.82) is 0 Å². The highest BCUT2D eigenvalue weighted by Crippen LogP contribution is 2.30. The van der Waals surface area contributed by atoms with Gasteiger partial charge in [-0.1, -0.05) is 0 Å². The van der Waals surface area contributed by atoms with E-state index in [1.807, 2.05) is 30.7 Å². The summed E-state index contributed by atoms with van der Waals surface area (Å²) in [6, 6.07) is 0.133. The maximum atomic E-state index is 13.2. The second-order valence-electron chi connectivity index (χ2n) is 7.31. The lowest BCUT2D eigenvalue weighted by molar-refractivity contribution is 0.0584. The van der Waals surface area contributed by atoms with Gasteiger partial charge < -0.3 is 14.7 Å². The van der Waals surface area contributed by atoms with Crippen LogP contribution in [0.5, 0.6) is 0 Å². The van der Waals surface area contributed by atoms with Crippen LogP contribution in [0.3, 0.4) is 0 Å². The second kappa shape index (κ2) is 6.11. The highest BCUT2D eigenvalue weighted by molar-refractivity contribution is 5.96. The van der Waals surface area contributed by atoms with Gasteiger partial charge in [0.05, 0.1) is 11.3 Å². The van der Waals surface area contributed by atoms with Gasteiger partial charge in [0.25, 0.3) is 5.91 Å². The Balaban J connectivity index is 1.85. The predicted octanol–water partition coefficient (Wildman–Crippen LogP) is 1.25. The molecule has 0 N–H and O–H groups in total. The fourth-order valence-corrected chi connectivity index (χ4v) is 4.00. The Hall–Kier alpha value is -2.05. The number of aryl methyl sites for hydroxylation is 2. The summed E-state index contributed by atoms with van der Waals surface area (Å²) in [5, 5.41) is 4.38. The Morgan fingerprint density at radius 3 is 2.42 bits per heavy atom. The Bertz CT molecular complexity index is 666. The molecular formula is C17H27N5O2. The molecule has 3 saturated heterocycles. The van der Waals surface area contributed by atoms with Crippen LogP contribution in [0.2, 0.25) is 0 Å². The number of nitrogens with zero attached hydrogens (tertiary/aromatic N) is 5. The van der Waals surface area contributed by atoms with Crippen LogP contribution in [0, 0.1) is 19.8 Å². The van der Waals surface area contributed by atoms with Crippen LogP contribution in [-0.4, -0.2) is 76.2 Å². The van der Waals surface area contributed by atoms with Crippen molar-refractivity contribution < 1.29 is 9.59 Å². The minimum Gasteiger partial charge on any atom is -0.333 e. The van der Waals surface area contributed by atoms with Gasteiger partial charge in [0, 0.05) is 52.5 Å². The van der Waals surface area contributed by atoms with E-state index in [1.165, 1.54) is 0 Å². The van der Waals surface area contributed by atoms with Gasteiger partial charge >= 0.3 is 6.03 Å². The highest BCUT2D eigenvalue weighted by atomic mass is 16.2. The lowest BCUT2D eigenvalue weighted by Crippen LogP contribution is -2.48. The summed E-state index contributed by atoms with van der Waals surface area (Å²) in [5.74, 6) is 0.417. The van der Waals surface area contributed by atoms with E-state index < -0.39 is 0 Å². The summed E-state index contributed by atoms with van der Waals surface area (Å²) in [6.07, 6.45) is 2.04. The molecule has 1 aromatic heterocycles. The number of amides is 3. The van der Waals surface area contributed by atoms with Gasteiger partial charge in [0.2, 0.25) is 0 Å². The molecule has 1 aromatic rings. The predicted molar refractivity (Wildman–Crippen MR) is 90.9 cm³/mol. The van der Waals surface area contributed by atoms with Gasteiger partial charge in [0.15, 0.2) is 0 Å². The quantitative estimate of drug-likeness (QED) is 0.777. The molecule has 2 bridgehead atoms. The summed E-state index contributed by atoms with van der Waals surface area (Å²) in [5.41, 5.74) is 2.40. The lowest BCUT2D eigenvalue weighted by atomic mass is 9.94. The first-order valence-electron chi connectivity index (χ1n) is 8.57. The zero-order valence-electron chi connectivity index (χ0n) is 15.2. The molecule has 0 radical (unpaired) electrons. The maximum Gasteiger partial charge on any atom is 0.319 e. The minimum absolute atomic E-state index is 0.0370. The molecule has 7 heteroatoms. The van der Waals surface area contributed by atoms with Gasteiger partial charge in [-0.15, -0.1) is 0 Å². The number of piperidine rings is 1. The molecular weight excluding hydrogens is 306 g/mol. The van der Waals surface area contributed by atoms with Gasteiger partial charge in [0.1, 0.15) is 0 Å². The van der Waals surface area contributed by atoms with Gasteiger partial charge in [-0.2, -0.15) is 5.10 Å². The summed E-state index contributed by atoms with van der Waals surface area (Å²) in [4.78, 5) is 31.0. The van der Waals surface area contributed by atoms with Crippen molar-refractivity contribution in [2.24, 2.45) is 13.0 Å². The number of aromatic nitrogens is 2. The minimum atomic E-state index is 0.0370. The maximum absolute atomic E-state index is 13.2. The molecule has 4 heterocycles. The average Bonchev–Trinajstić information content (AvgIpc) is 2.74. The first kappa shape index (κ1) is 16.8. The molecule has 24 heavy (non-hydrogen) atoms. The van der Waals surface area contributed by atoms with E-state index in [-0.39, 0.29) is 18.0 Å². The number of fused-ring (bicyclic) bond motifs is 4. The second-order valence-corrected chi connectivity index (χ2v) is 7.31. The van der Waals surface area contributed by atoms with Crippen molar-refractivity contribution in [3.63, 3.8) is 0 Å². The van der Waals surface area contributed by atoms with E-state index in [0.717, 1.165) is 42.9 Å². The number of urea groups is 1. The molecule has 0 unspecified atom stereocenters. The SMILES string of the molecule is Cc1nn(C)c(C)c1C(=O)N1C[C@H]2CC[C@@H]1CN(C(=O)N(C)C)C2. The Labute approximate surface area is 143 Å². The van der Waals surface area contributed by atoms with Crippen LogP contribution in [-0.2, 0) is 7.05 Å². The lowest BCUT2D eigenvalue weighted by Gasteiger charge is -2.36. The first-order valence-corrected chi connectivity index (χ1v) is 8.57. The molecule has 3 aliphatic heterocycles. The summed E-state index contributed by atoms with van der Waals surface area (Å²) in [7, 11) is 5.42. The van der Waals surface area contributed by atoms with E-state index >= 15 is 0 Å². The number of rotatable bonds is 1. The van der Waals surface area contributed by atoms with E-state index in [9.17, 15) is 9.59 Å². The number of carbonyl (C=O) groups excluding carboxylic acids is 2. The standard InChI is InChI=1S/C17H27N5O2/c1-11-15(12(2)20(5)18-11)16(23)22-9-13-6-7-14(22)10-21(8-13)17(24)19(3)4/h13-14H,6-10H2,1-5H3/t13-,14+/m0/s1. The van der Waals surface area contributed by atoms with Crippen molar-refractivity contribution in [2.45, 2.75) is 32.7 Å². The molecule has 4 rings (SSSR count). The van der Waals surface area contributed by atoms with E-state index in [0.29, 0.717) is 12.5 Å². The molecule has 0 spiro atoms. The molecule has 3 aliphatic rings. The van der Waals surface area contributed by atoms with E-state index in [2.05, 4.69) is 5.10 Å². The van der Waals surface area contributed by atoms with Gasteiger partial charge in [-0.05, 0) is 32.6 Å². The van der Waals surface area contributed by atoms with Crippen LogP contribution in [0.25, 0.3) is 0 Å². The number of carbonyl (C=O) groups is 2. The smallest absolute Gasteiger partial charge is 0.319 e. The topological polar surface area (TPSA) is 61.7 Å². The third-order valence-electron chi connectivity index (χ3n) is 5.35. The molecule has 0 aromatic carbocycles. The summed E-state index contributed by atoms with van der Waals surface area (Å²) in [6.45, 7) is 5.91. The average molecular weight is 333 g/mol. The largest absolute Gasteiger partial charge is 0.333 e. The molecule has 132 valence electrons. The Morgan fingerprint density at radius 2 is 1.83 bits per heavy atom. The fraction of sp³-hybridized carbons (Fsp3) is 0.706. The first-order chi connectivity index (χ1) is 11.3. The van der Waals surface area contributed by atoms with E-state index in [1.54, 1.807) is 23.7 Å². The van der Waals surface area contributed by atoms with Crippen molar-refractivity contribution in [2.75, 3.05) is 33.7 Å². The molecule has 0 aliphatic carbocycles. The van der Waals surface area contributed by atoms with Crippen molar-refractivity contribution in [3.8, 4) is 0 Å². The monoisotopic (exact) mass is 333 g/mol. The molecule has 0 saturated carbocycles. The van der Waals surface area contributed by atoms with Crippen molar-refractivity contribution in [1.82, 2.24) is 24.5 Å². The highest BCUT2D eigenvalue weighted by Gasteiger charge is 2.40. The summed E-state index contributed by atoms with van der Waals surface area (Å²) < 4.78 is 1.76. The van der Waals surface area contributed by atoms with Crippen LogP contribution in [0.15, 0.2) is 0 Å². The number of hydrogen-bond acceptors (Lipinski definition) is 3. The van der Waals surface area contributed by atoms with Crippen LogP contribution in [0.4, 0.5) is 4.79 Å². The molecule has 7 nitrogen and oxygen atoms in total. The Kier molecular flexibility index (Phi) is 4.27. The fourth-order valence-electron chi connectivity index (χ4n) is 4.00. The third kappa shape index (κ3) is 2.76. The normalized spacial score (nSPS) is 23.4. The zero-order valence-corrected chi connectivity index (χ0v) is 15.2. The van der Waals surface area contributed by atoms with Gasteiger partial charge in [-0.3, -0.25) is 9.48 Å². The van der Waals surface area contributed by atoms with Gasteiger partial charge in [-0.25, -0.2) is 4.79 Å². The number of hydrogen-bond donors (Lipinski definition) is 0. The van der Waals surface area contributed by atoms with E-state index in [4.69, 9.17) is 0 Å². The van der Waals surface area contributed by atoms with Crippen molar-refractivity contribution >= 4 is 11.9 Å². The molecule has 3 fully saturated rings. The molecule has 2 atom stereocenters. The Morgan fingerprint density at radius 1 is 1.12 bits per heavy atom. The van der Waals surface area contributed by atoms with Crippen LogP contribution in [0.1, 0.15) is 34.6 Å². The third-order valence-corrected chi connectivity index (χ3v) is 5.35. The van der Waals surface area contributed by atoms with Crippen LogP contribution >= 0.6 is 0 Å². The molecule has 3 amide bonds. The zero-order chi connectivity index (χ0) is 17.6.